The summed E-state index contributed by atoms with van der Waals surface area (Å²) in [5.41, 5.74) is -5.45. The predicted octanol–water partition coefficient (Wildman–Crippen LogP) is 5.95. The number of pyridine rings is 1. The van der Waals surface area contributed by atoms with Gasteiger partial charge in [0.25, 0.3) is 0 Å². The number of esters is 1. The molecule has 0 spiro atoms. The minimum atomic E-state index is -5.57. The maximum absolute atomic E-state index is 11.9. The summed E-state index contributed by atoms with van der Waals surface area (Å²) < 4.78 is 65.6. The molecule has 13 heteroatoms. The molecule has 0 unspecified atom stereocenters. The normalized spacial score (nSPS) is 11.1. The van der Waals surface area contributed by atoms with E-state index in [9.17, 15) is 26.4 Å². The average molecular weight is 544 g/mol. The van der Waals surface area contributed by atoms with Crippen LogP contribution in [0.4, 0.5) is 13.2 Å². The molecule has 0 radical (unpaired) electrons. The van der Waals surface area contributed by atoms with E-state index < -0.39 is 27.8 Å². The van der Waals surface area contributed by atoms with Crippen LogP contribution in [0.25, 0.3) is 0 Å². The average Bonchev–Trinajstić information content (AvgIpc) is 2.61. The standard InChI is InChI=1S/C8H6Cl2F3NO3S.C7H14O3.C3H8.C2H6/c9-6-3-5(4-7(10)14-6)1-2-17-18(15,16)8(11,12)13;1-7(2,3)10-6(9)4-5-8;1-3-2;1-2/h3-4H,1-2H2;8H,4-5H2,1-3H3;3H2,1-2H3;1-2H3. The summed E-state index contributed by atoms with van der Waals surface area (Å²) >= 11 is 11.1. The molecule has 0 aromatic carbocycles. The van der Waals surface area contributed by atoms with Crippen LogP contribution in [0, 0.1) is 0 Å². The molecule has 7 nitrogen and oxygen atoms in total. The molecule has 1 rings (SSSR count). The maximum atomic E-state index is 11.9. The van der Waals surface area contributed by atoms with Crippen LogP contribution in [-0.2, 0) is 30.3 Å². The molecule has 1 aromatic rings. The number of ether oxygens (including phenoxy) is 1. The molecule has 0 bridgehead atoms. The first-order valence-electron chi connectivity index (χ1n) is 10.1. The Morgan fingerprint density at radius 1 is 1.09 bits per heavy atom. The van der Waals surface area contributed by atoms with Crippen LogP contribution >= 0.6 is 23.2 Å². The summed E-state index contributed by atoms with van der Waals surface area (Å²) in [7, 11) is -5.57. The van der Waals surface area contributed by atoms with Crippen molar-refractivity contribution in [1.29, 1.82) is 0 Å². The van der Waals surface area contributed by atoms with Crippen LogP contribution in [0.15, 0.2) is 12.1 Å². The van der Waals surface area contributed by atoms with Crippen molar-refractivity contribution in [3.05, 3.63) is 28.0 Å². The summed E-state index contributed by atoms with van der Waals surface area (Å²) in [6.45, 7) is 12.8. The number of aliphatic hydroxyl groups excluding tert-OH is 1. The van der Waals surface area contributed by atoms with Crippen molar-refractivity contribution in [2.75, 3.05) is 13.2 Å². The Hall–Kier alpha value is -1.14. The van der Waals surface area contributed by atoms with Crippen LogP contribution in [0.5, 0.6) is 0 Å². The number of alkyl halides is 3. The number of carbonyl (C=O) groups excluding carboxylic acids is 1. The number of carbonyl (C=O) groups is 1. The van der Waals surface area contributed by atoms with Gasteiger partial charge < -0.3 is 9.84 Å². The van der Waals surface area contributed by atoms with E-state index in [1.165, 1.54) is 18.6 Å². The summed E-state index contributed by atoms with van der Waals surface area (Å²) in [5.74, 6) is -0.352. The van der Waals surface area contributed by atoms with E-state index in [0.29, 0.717) is 5.56 Å². The maximum Gasteiger partial charge on any atom is 0.523 e. The lowest BCUT2D eigenvalue weighted by atomic mass is 10.2. The van der Waals surface area contributed by atoms with E-state index in [4.69, 9.17) is 33.0 Å². The van der Waals surface area contributed by atoms with Gasteiger partial charge in [-0.15, -0.1) is 0 Å². The van der Waals surface area contributed by atoms with Gasteiger partial charge in [0, 0.05) is 0 Å². The van der Waals surface area contributed by atoms with E-state index in [2.05, 4.69) is 23.0 Å². The quantitative estimate of drug-likeness (QED) is 0.204. The lowest BCUT2D eigenvalue weighted by molar-refractivity contribution is -0.155. The molecule has 0 saturated heterocycles. The van der Waals surface area contributed by atoms with Gasteiger partial charge in [0.2, 0.25) is 0 Å². The molecule has 196 valence electrons. The number of hydrogen-bond acceptors (Lipinski definition) is 7. The van der Waals surface area contributed by atoms with E-state index in [0.717, 1.165) is 0 Å². The highest BCUT2D eigenvalue weighted by Crippen LogP contribution is 2.25. The molecule has 0 fully saturated rings. The molecule has 0 amide bonds. The monoisotopic (exact) mass is 543 g/mol. The molecule has 1 aromatic heterocycles. The molecule has 0 aliphatic rings. The second-order valence-electron chi connectivity index (χ2n) is 6.86. The Kier molecular flexibility index (Phi) is 20.1. The minimum absolute atomic E-state index is 0.0520. The number of hydrogen-bond donors (Lipinski definition) is 1. The highest BCUT2D eigenvalue weighted by Gasteiger charge is 2.47. The third kappa shape index (κ3) is 21.2. The van der Waals surface area contributed by atoms with Crippen LogP contribution < -0.4 is 0 Å². The van der Waals surface area contributed by atoms with E-state index in [-0.39, 0.29) is 35.7 Å². The number of nitrogens with zero attached hydrogens (tertiary/aromatic N) is 1. The van der Waals surface area contributed by atoms with Crippen molar-refractivity contribution in [2.24, 2.45) is 0 Å². The number of aliphatic hydroxyl groups is 1. The second kappa shape index (κ2) is 18.2. The van der Waals surface area contributed by atoms with Gasteiger partial charge in [0.1, 0.15) is 15.9 Å². The fourth-order valence-electron chi connectivity index (χ4n) is 1.48. The van der Waals surface area contributed by atoms with Crippen molar-refractivity contribution < 1.29 is 40.4 Å². The number of rotatable bonds is 6. The molecule has 0 aliphatic carbocycles. The van der Waals surface area contributed by atoms with Crippen LogP contribution in [0.3, 0.4) is 0 Å². The zero-order valence-electron chi connectivity index (χ0n) is 19.9. The molecule has 1 heterocycles. The van der Waals surface area contributed by atoms with Gasteiger partial charge in [0.15, 0.2) is 0 Å². The Morgan fingerprint density at radius 3 is 1.85 bits per heavy atom. The lowest BCUT2D eigenvalue weighted by Crippen LogP contribution is -2.26. The minimum Gasteiger partial charge on any atom is -0.460 e. The number of halogens is 5. The van der Waals surface area contributed by atoms with Crippen LogP contribution in [0.1, 0.15) is 66.9 Å². The van der Waals surface area contributed by atoms with Crippen LogP contribution in [0.2, 0.25) is 10.3 Å². The zero-order valence-corrected chi connectivity index (χ0v) is 22.3. The first kappa shape index (κ1) is 36.4. The number of aromatic nitrogens is 1. The van der Waals surface area contributed by atoms with E-state index >= 15 is 0 Å². The Balaban J connectivity index is -0.000000507. The van der Waals surface area contributed by atoms with Gasteiger partial charge in [-0.05, 0) is 44.9 Å². The van der Waals surface area contributed by atoms with Crippen molar-refractivity contribution in [3.8, 4) is 0 Å². The van der Waals surface area contributed by atoms with Gasteiger partial charge in [-0.25, -0.2) is 4.98 Å². The highest BCUT2D eigenvalue weighted by molar-refractivity contribution is 7.87. The van der Waals surface area contributed by atoms with Gasteiger partial charge in [0.05, 0.1) is 19.6 Å². The fourth-order valence-corrected chi connectivity index (χ4v) is 2.42. The second-order valence-corrected chi connectivity index (χ2v) is 9.24. The fraction of sp³-hybridized carbons (Fsp3) is 0.700. The highest BCUT2D eigenvalue weighted by atomic mass is 35.5. The molecule has 0 aliphatic heterocycles. The van der Waals surface area contributed by atoms with Crippen LogP contribution in [-0.4, -0.2) is 48.8 Å². The molecule has 1 N–H and O–H groups in total. The Morgan fingerprint density at radius 2 is 1.52 bits per heavy atom. The summed E-state index contributed by atoms with van der Waals surface area (Å²) in [5, 5.41) is 8.44. The van der Waals surface area contributed by atoms with Gasteiger partial charge in [-0.1, -0.05) is 57.3 Å². The Labute approximate surface area is 204 Å². The first-order chi connectivity index (χ1) is 15.0. The van der Waals surface area contributed by atoms with Gasteiger partial charge in [-0.2, -0.15) is 21.6 Å². The summed E-state index contributed by atoms with van der Waals surface area (Å²) in [6.07, 6.45) is 1.23. The third-order valence-corrected chi connectivity index (χ3v) is 3.90. The largest absolute Gasteiger partial charge is 0.523 e. The molecule has 0 saturated carbocycles. The third-order valence-electron chi connectivity index (χ3n) is 2.47. The SMILES string of the molecule is CC.CC(C)(C)OC(=O)CCO.CCC.O=S(=O)(OCCc1cc(Cl)nc(Cl)c1)C(F)(F)F. The summed E-state index contributed by atoms with van der Waals surface area (Å²) in [4.78, 5) is 14.3. The van der Waals surface area contributed by atoms with Crippen molar-refractivity contribution in [3.63, 3.8) is 0 Å². The van der Waals surface area contributed by atoms with Gasteiger partial charge >= 0.3 is 21.6 Å². The molecular formula is C20H34Cl2F3NO6S. The molecular weight excluding hydrogens is 510 g/mol. The van der Waals surface area contributed by atoms with Crippen molar-refractivity contribution in [2.45, 2.75) is 78.8 Å². The zero-order chi connectivity index (χ0) is 26.9. The molecule has 33 heavy (non-hydrogen) atoms. The van der Waals surface area contributed by atoms with Crippen molar-refractivity contribution in [1.82, 2.24) is 4.98 Å². The Bertz CT molecular complexity index is 750. The predicted molar refractivity (Wildman–Crippen MR) is 124 cm³/mol. The van der Waals surface area contributed by atoms with Gasteiger partial charge in [-0.3, -0.25) is 8.98 Å². The topological polar surface area (TPSA) is 103 Å². The lowest BCUT2D eigenvalue weighted by Gasteiger charge is -2.18. The van der Waals surface area contributed by atoms with Crippen molar-refractivity contribution >= 4 is 39.3 Å². The molecule has 0 atom stereocenters. The van der Waals surface area contributed by atoms with E-state index in [1.807, 2.05) is 13.8 Å². The first-order valence-corrected chi connectivity index (χ1v) is 12.3. The van der Waals surface area contributed by atoms with E-state index in [1.54, 1.807) is 20.8 Å². The smallest absolute Gasteiger partial charge is 0.460 e. The summed E-state index contributed by atoms with van der Waals surface area (Å²) in [6, 6.07) is 2.69.